The van der Waals surface area contributed by atoms with Crippen molar-refractivity contribution in [3.63, 3.8) is 0 Å². The van der Waals surface area contributed by atoms with Crippen molar-refractivity contribution in [2.45, 2.75) is 30.6 Å². The molecule has 1 amide bonds. The number of benzene rings is 2. The Labute approximate surface area is 168 Å². The Hall–Kier alpha value is -2.78. The van der Waals surface area contributed by atoms with Crippen LogP contribution in [0.25, 0.3) is 0 Å². The highest BCUT2D eigenvalue weighted by molar-refractivity contribution is 7.89. The smallest absolute Gasteiger partial charge is 0.271 e. The van der Waals surface area contributed by atoms with Gasteiger partial charge >= 0.3 is 0 Å². The van der Waals surface area contributed by atoms with Gasteiger partial charge in [0.05, 0.1) is 15.5 Å². The number of carbonyl (C=O) groups excluding carboxylic acids is 1. The van der Waals surface area contributed by atoms with Gasteiger partial charge in [-0.25, -0.2) is 8.42 Å². The van der Waals surface area contributed by atoms with Gasteiger partial charge in [-0.05, 0) is 43.0 Å². The van der Waals surface area contributed by atoms with Crippen LogP contribution in [0.2, 0.25) is 0 Å². The molecule has 1 fully saturated rings. The van der Waals surface area contributed by atoms with Crippen molar-refractivity contribution >= 4 is 27.3 Å². The molecule has 0 spiro atoms. The van der Waals surface area contributed by atoms with Gasteiger partial charge in [0.1, 0.15) is 0 Å². The van der Waals surface area contributed by atoms with E-state index in [9.17, 15) is 23.3 Å². The molecule has 152 valence electrons. The summed E-state index contributed by atoms with van der Waals surface area (Å²) in [5.41, 5.74) is 1.54. The summed E-state index contributed by atoms with van der Waals surface area (Å²) in [6.45, 7) is 1.38. The molecule has 8 nitrogen and oxygen atoms in total. The Bertz CT molecular complexity index is 1080. The summed E-state index contributed by atoms with van der Waals surface area (Å²) in [4.78, 5) is 25.3. The van der Waals surface area contributed by atoms with E-state index in [0.717, 1.165) is 24.8 Å². The molecule has 4 rings (SSSR count). The molecule has 0 bridgehead atoms. The van der Waals surface area contributed by atoms with Crippen LogP contribution in [0, 0.1) is 10.1 Å². The first-order chi connectivity index (χ1) is 13.9. The van der Waals surface area contributed by atoms with E-state index in [1.54, 1.807) is 18.2 Å². The third-order valence-corrected chi connectivity index (χ3v) is 7.35. The zero-order valence-corrected chi connectivity index (χ0v) is 16.6. The van der Waals surface area contributed by atoms with E-state index in [2.05, 4.69) is 0 Å². The minimum Gasteiger partial charge on any atom is -0.307 e. The molecule has 2 aliphatic heterocycles. The number of non-ortho nitro benzene ring substituents is 1. The second-order valence-electron chi connectivity index (χ2n) is 7.27. The summed E-state index contributed by atoms with van der Waals surface area (Å²) in [5.74, 6) is -0.361. The summed E-state index contributed by atoms with van der Waals surface area (Å²) < 4.78 is 27.3. The van der Waals surface area contributed by atoms with Gasteiger partial charge in [-0.15, -0.1) is 0 Å². The predicted octanol–water partition coefficient (Wildman–Crippen LogP) is 2.97. The highest BCUT2D eigenvalue weighted by atomic mass is 32.2. The predicted molar refractivity (Wildman–Crippen MR) is 108 cm³/mol. The van der Waals surface area contributed by atoms with Gasteiger partial charge in [0.15, 0.2) is 0 Å². The van der Waals surface area contributed by atoms with Gasteiger partial charge in [-0.3, -0.25) is 14.9 Å². The molecule has 9 heteroatoms. The van der Waals surface area contributed by atoms with Crippen LogP contribution in [0.15, 0.2) is 47.4 Å². The first-order valence-corrected chi connectivity index (χ1v) is 11.0. The number of hydrogen-bond donors (Lipinski definition) is 0. The Balaban J connectivity index is 1.64. The topological polar surface area (TPSA) is 101 Å². The lowest BCUT2D eigenvalue weighted by Gasteiger charge is -2.26. The SMILES string of the molecule is O=C(c1cccc(S(=O)(=O)N2CCCCC2)c1)N1CCc2ccc([N+](=O)[O-])cc21. The van der Waals surface area contributed by atoms with Crippen molar-refractivity contribution in [2.24, 2.45) is 0 Å². The summed E-state index contributed by atoms with van der Waals surface area (Å²) >= 11 is 0. The summed E-state index contributed by atoms with van der Waals surface area (Å²) in [6, 6.07) is 10.5. The van der Waals surface area contributed by atoms with Crippen LogP contribution in [0.1, 0.15) is 35.2 Å². The Morgan fingerprint density at radius 1 is 1.00 bits per heavy atom. The Kier molecular flexibility index (Phi) is 5.10. The minimum absolute atomic E-state index is 0.0788. The maximum absolute atomic E-state index is 13.1. The normalized spacial score (nSPS) is 17.2. The number of hydrogen-bond acceptors (Lipinski definition) is 5. The molecule has 2 aromatic carbocycles. The Morgan fingerprint density at radius 2 is 1.76 bits per heavy atom. The quantitative estimate of drug-likeness (QED) is 0.564. The maximum atomic E-state index is 13.1. The standard InChI is InChI=1S/C20H21N3O5S/c24-20(22-12-9-15-7-8-17(23(25)26)14-19(15)22)16-5-4-6-18(13-16)29(27,28)21-10-2-1-3-11-21/h4-8,13-14H,1-3,9-12H2. The van der Waals surface area contributed by atoms with Crippen molar-refractivity contribution in [1.29, 1.82) is 0 Å². The number of anilines is 1. The van der Waals surface area contributed by atoms with E-state index in [0.29, 0.717) is 31.7 Å². The molecule has 0 atom stereocenters. The first-order valence-electron chi connectivity index (χ1n) is 9.57. The minimum atomic E-state index is -3.65. The Morgan fingerprint density at radius 3 is 2.48 bits per heavy atom. The number of nitro benzene ring substituents is 1. The second kappa shape index (κ2) is 7.57. The molecule has 0 radical (unpaired) electrons. The number of sulfonamides is 1. The van der Waals surface area contributed by atoms with Crippen LogP contribution in [0.3, 0.4) is 0 Å². The number of nitrogens with zero attached hydrogens (tertiary/aromatic N) is 3. The van der Waals surface area contributed by atoms with E-state index >= 15 is 0 Å². The van der Waals surface area contributed by atoms with E-state index in [-0.39, 0.29) is 22.1 Å². The molecular weight excluding hydrogens is 394 g/mol. The zero-order valence-electron chi connectivity index (χ0n) is 15.8. The lowest BCUT2D eigenvalue weighted by atomic mass is 10.1. The van der Waals surface area contributed by atoms with Gasteiger partial charge in [-0.1, -0.05) is 18.6 Å². The van der Waals surface area contributed by atoms with Crippen molar-refractivity contribution in [3.8, 4) is 0 Å². The molecule has 0 unspecified atom stereocenters. The average Bonchev–Trinajstić information content (AvgIpc) is 3.17. The number of fused-ring (bicyclic) bond motifs is 1. The van der Waals surface area contributed by atoms with Gasteiger partial charge in [-0.2, -0.15) is 4.31 Å². The lowest BCUT2D eigenvalue weighted by molar-refractivity contribution is -0.384. The van der Waals surface area contributed by atoms with Crippen molar-refractivity contribution in [1.82, 2.24) is 4.31 Å². The number of carbonyl (C=O) groups is 1. The van der Waals surface area contributed by atoms with E-state index in [1.165, 1.54) is 33.5 Å². The molecular formula is C20H21N3O5S. The monoisotopic (exact) mass is 415 g/mol. The summed E-state index contributed by atoms with van der Waals surface area (Å²) in [6.07, 6.45) is 3.29. The largest absolute Gasteiger partial charge is 0.307 e. The molecule has 2 aromatic rings. The average molecular weight is 415 g/mol. The highest BCUT2D eigenvalue weighted by Gasteiger charge is 2.30. The summed E-state index contributed by atoms with van der Waals surface area (Å²) in [7, 11) is -3.65. The highest BCUT2D eigenvalue weighted by Crippen LogP contribution is 2.33. The third-order valence-electron chi connectivity index (χ3n) is 5.45. The van der Waals surface area contributed by atoms with E-state index in [1.807, 2.05) is 0 Å². The van der Waals surface area contributed by atoms with E-state index < -0.39 is 14.9 Å². The molecule has 0 aromatic heterocycles. The maximum Gasteiger partial charge on any atom is 0.271 e. The van der Waals surface area contributed by atoms with Crippen LogP contribution in [0.5, 0.6) is 0 Å². The lowest BCUT2D eigenvalue weighted by Crippen LogP contribution is -2.35. The van der Waals surface area contributed by atoms with Crippen LogP contribution in [0.4, 0.5) is 11.4 Å². The molecule has 2 aliphatic rings. The van der Waals surface area contributed by atoms with Gasteiger partial charge in [0.2, 0.25) is 10.0 Å². The molecule has 2 heterocycles. The number of rotatable bonds is 4. The summed E-state index contributed by atoms with van der Waals surface area (Å²) in [5, 5.41) is 11.1. The van der Waals surface area contributed by atoms with Crippen LogP contribution in [-0.4, -0.2) is 43.2 Å². The van der Waals surface area contributed by atoms with Crippen molar-refractivity contribution in [3.05, 3.63) is 63.7 Å². The van der Waals surface area contributed by atoms with Gasteiger partial charge < -0.3 is 4.90 Å². The van der Waals surface area contributed by atoms with Crippen LogP contribution in [-0.2, 0) is 16.4 Å². The zero-order chi connectivity index (χ0) is 20.6. The molecule has 1 saturated heterocycles. The van der Waals surface area contributed by atoms with Gasteiger partial charge in [0.25, 0.3) is 11.6 Å². The fraction of sp³-hybridized carbons (Fsp3) is 0.350. The van der Waals surface area contributed by atoms with Gasteiger partial charge in [0, 0.05) is 37.3 Å². The molecule has 0 N–H and O–H groups in total. The fourth-order valence-electron chi connectivity index (χ4n) is 3.89. The van der Waals surface area contributed by atoms with Crippen LogP contribution < -0.4 is 4.90 Å². The number of amides is 1. The molecule has 0 aliphatic carbocycles. The molecule has 29 heavy (non-hydrogen) atoms. The molecule has 0 saturated carbocycles. The number of piperidine rings is 1. The van der Waals surface area contributed by atoms with E-state index in [4.69, 9.17) is 0 Å². The van der Waals surface area contributed by atoms with Crippen molar-refractivity contribution < 1.29 is 18.1 Å². The van der Waals surface area contributed by atoms with Crippen LogP contribution >= 0.6 is 0 Å². The van der Waals surface area contributed by atoms with Crippen molar-refractivity contribution in [2.75, 3.05) is 24.5 Å². The fourth-order valence-corrected chi connectivity index (χ4v) is 5.46. The first kappa shape index (κ1) is 19.5. The third kappa shape index (κ3) is 3.63. The second-order valence-corrected chi connectivity index (χ2v) is 9.21. The number of nitro groups is 1.